The predicted octanol–water partition coefficient (Wildman–Crippen LogP) is 1.96. The molecule has 0 heterocycles. The van der Waals surface area contributed by atoms with Gasteiger partial charge in [-0.1, -0.05) is 36.4 Å². The summed E-state index contributed by atoms with van der Waals surface area (Å²) in [5.74, 6) is -1.13. The molecule has 1 amide bonds. The summed E-state index contributed by atoms with van der Waals surface area (Å²) < 4.78 is 10.1. The zero-order chi connectivity index (χ0) is 15.5. The summed E-state index contributed by atoms with van der Waals surface area (Å²) in [7, 11) is 0. The Morgan fingerprint density at radius 2 is 2.05 bits per heavy atom. The van der Waals surface area contributed by atoms with Gasteiger partial charge in [0.05, 0.1) is 6.61 Å². The second kappa shape index (κ2) is 9.55. The minimum Gasteiger partial charge on any atom is -0.480 e. The molecule has 0 bridgehead atoms. The van der Waals surface area contributed by atoms with Crippen LogP contribution < -0.4 is 5.32 Å². The Balaban J connectivity index is 2.34. The largest absolute Gasteiger partial charge is 0.480 e. The molecule has 1 atom stereocenters. The number of alkyl carbamates (subject to hydrolysis) is 1. The van der Waals surface area contributed by atoms with Crippen molar-refractivity contribution < 1.29 is 24.2 Å². The van der Waals surface area contributed by atoms with E-state index < -0.39 is 18.1 Å². The van der Waals surface area contributed by atoms with Crippen LogP contribution in [0.1, 0.15) is 12.0 Å². The Labute approximate surface area is 123 Å². The Hall–Kier alpha value is -2.34. The van der Waals surface area contributed by atoms with E-state index in [-0.39, 0.29) is 19.6 Å². The van der Waals surface area contributed by atoms with Gasteiger partial charge in [-0.25, -0.2) is 9.59 Å². The number of ether oxygens (including phenoxy) is 2. The van der Waals surface area contributed by atoms with Crippen molar-refractivity contribution in [3.63, 3.8) is 0 Å². The molecule has 1 aromatic carbocycles. The highest BCUT2D eigenvalue weighted by molar-refractivity contribution is 5.79. The average molecular weight is 293 g/mol. The van der Waals surface area contributed by atoms with E-state index in [4.69, 9.17) is 14.6 Å². The Bertz CT molecular complexity index is 460. The summed E-state index contributed by atoms with van der Waals surface area (Å²) in [6.45, 7) is 4.12. The van der Waals surface area contributed by atoms with Gasteiger partial charge in [0.2, 0.25) is 0 Å². The highest BCUT2D eigenvalue weighted by atomic mass is 16.5. The summed E-state index contributed by atoms with van der Waals surface area (Å²) in [4.78, 5) is 22.6. The molecule has 21 heavy (non-hydrogen) atoms. The molecule has 0 radical (unpaired) electrons. The highest BCUT2D eigenvalue weighted by Crippen LogP contribution is 2.01. The lowest BCUT2D eigenvalue weighted by atomic mass is 10.2. The Kier molecular flexibility index (Phi) is 7.60. The molecule has 6 nitrogen and oxygen atoms in total. The van der Waals surface area contributed by atoms with E-state index >= 15 is 0 Å². The zero-order valence-corrected chi connectivity index (χ0v) is 11.7. The van der Waals surface area contributed by atoms with Crippen molar-refractivity contribution in [2.75, 3.05) is 13.2 Å². The fourth-order valence-corrected chi connectivity index (χ4v) is 1.53. The van der Waals surface area contributed by atoms with Crippen molar-refractivity contribution in [2.24, 2.45) is 0 Å². The van der Waals surface area contributed by atoms with Crippen molar-refractivity contribution in [2.45, 2.75) is 19.1 Å². The number of hydrogen-bond donors (Lipinski definition) is 2. The molecule has 0 saturated heterocycles. The smallest absolute Gasteiger partial charge is 0.408 e. The maximum atomic E-state index is 11.6. The summed E-state index contributed by atoms with van der Waals surface area (Å²) in [6, 6.07) is 8.09. The number of carbonyl (C=O) groups excluding carboxylic acids is 1. The number of hydrogen-bond acceptors (Lipinski definition) is 4. The molecule has 0 aliphatic heterocycles. The van der Waals surface area contributed by atoms with Gasteiger partial charge in [-0.15, -0.1) is 6.58 Å². The minimum absolute atomic E-state index is 0.0893. The van der Waals surface area contributed by atoms with Gasteiger partial charge in [0.15, 0.2) is 0 Å². The molecule has 0 aromatic heterocycles. The van der Waals surface area contributed by atoms with Crippen LogP contribution in [0, 0.1) is 0 Å². The van der Waals surface area contributed by atoms with Crippen LogP contribution in [0.15, 0.2) is 43.0 Å². The third kappa shape index (κ3) is 7.12. The van der Waals surface area contributed by atoms with E-state index in [1.54, 1.807) is 6.08 Å². The van der Waals surface area contributed by atoms with Gasteiger partial charge in [-0.3, -0.25) is 0 Å². The number of carbonyl (C=O) groups is 2. The van der Waals surface area contributed by atoms with Gasteiger partial charge >= 0.3 is 12.1 Å². The Morgan fingerprint density at radius 3 is 2.67 bits per heavy atom. The van der Waals surface area contributed by atoms with E-state index in [1.165, 1.54) is 0 Å². The molecule has 0 aliphatic carbocycles. The molecule has 114 valence electrons. The first-order valence-electron chi connectivity index (χ1n) is 6.52. The molecule has 0 fully saturated rings. The Morgan fingerprint density at radius 1 is 1.33 bits per heavy atom. The predicted molar refractivity (Wildman–Crippen MR) is 76.8 cm³/mol. The third-order valence-electron chi connectivity index (χ3n) is 2.59. The molecule has 6 heteroatoms. The fraction of sp³-hybridized carbons (Fsp3) is 0.333. The van der Waals surface area contributed by atoms with Gasteiger partial charge in [0.1, 0.15) is 12.6 Å². The van der Waals surface area contributed by atoms with Gasteiger partial charge in [0.25, 0.3) is 0 Å². The number of carboxylic acids is 1. The minimum atomic E-state index is -1.13. The first-order valence-corrected chi connectivity index (χ1v) is 6.52. The van der Waals surface area contributed by atoms with E-state index in [1.807, 2.05) is 30.3 Å². The van der Waals surface area contributed by atoms with Crippen LogP contribution in [0.5, 0.6) is 0 Å². The van der Waals surface area contributed by atoms with Crippen molar-refractivity contribution in [1.29, 1.82) is 0 Å². The SMILES string of the molecule is C=CCOCCC(NC(=O)OCc1ccccc1)C(=O)O. The van der Waals surface area contributed by atoms with Crippen LogP contribution >= 0.6 is 0 Å². The first kappa shape index (κ1) is 16.7. The van der Waals surface area contributed by atoms with Gasteiger partial charge < -0.3 is 19.9 Å². The lowest BCUT2D eigenvalue weighted by Gasteiger charge is -2.14. The number of rotatable bonds is 9. The fourth-order valence-electron chi connectivity index (χ4n) is 1.53. The van der Waals surface area contributed by atoms with Crippen LogP contribution in [0.4, 0.5) is 4.79 Å². The summed E-state index contributed by atoms with van der Waals surface area (Å²) in [5.41, 5.74) is 0.828. The molecule has 0 saturated carbocycles. The molecule has 1 unspecified atom stereocenters. The number of amides is 1. The van der Waals surface area contributed by atoms with Gasteiger partial charge in [0, 0.05) is 13.0 Å². The third-order valence-corrected chi connectivity index (χ3v) is 2.59. The molecule has 1 rings (SSSR count). The summed E-state index contributed by atoms with van der Waals surface area (Å²) >= 11 is 0. The molecule has 0 spiro atoms. The van der Waals surface area contributed by atoms with Crippen molar-refractivity contribution in [3.8, 4) is 0 Å². The van der Waals surface area contributed by atoms with Crippen molar-refractivity contribution in [3.05, 3.63) is 48.6 Å². The van der Waals surface area contributed by atoms with E-state index in [0.29, 0.717) is 6.61 Å². The molecule has 1 aromatic rings. The summed E-state index contributed by atoms with van der Waals surface area (Å²) in [5, 5.41) is 11.3. The topological polar surface area (TPSA) is 84.9 Å². The molecular weight excluding hydrogens is 274 g/mol. The van der Waals surface area contributed by atoms with Crippen molar-refractivity contribution >= 4 is 12.1 Å². The van der Waals surface area contributed by atoms with Gasteiger partial charge in [-0.05, 0) is 5.56 Å². The van der Waals surface area contributed by atoms with Crippen LogP contribution in [0.25, 0.3) is 0 Å². The first-order chi connectivity index (χ1) is 10.1. The van der Waals surface area contributed by atoms with E-state index in [2.05, 4.69) is 11.9 Å². The maximum absolute atomic E-state index is 11.6. The lowest BCUT2D eigenvalue weighted by molar-refractivity contribution is -0.139. The number of nitrogens with one attached hydrogen (secondary N) is 1. The normalized spacial score (nSPS) is 11.4. The quantitative estimate of drug-likeness (QED) is 0.537. The lowest BCUT2D eigenvalue weighted by Crippen LogP contribution is -2.41. The molecular formula is C15H19NO5. The van der Waals surface area contributed by atoms with Crippen molar-refractivity contribution in [1.82, 2.24) is 5.32 Å². The van der Waals surface area contributed by atoms with E-state index in [0.717, 1.165) is 5.56 Å². The average Bonchev–Trinajstić information content (AvgIpc) is 2.49. The number of carboxylic acid groups (broad SMARTS) is 1. The summed E-state index contributed by atoms with van der Waals surface area (Å²) in [6.07, 6.45) is 0.955. The van der Waals surface area contributed by atoms with E-state index in [9.17, 15) is 9.59 Å². The standard InChI is InChI=1S/C15H19NO5/c1-2-9-20-10-8-13(14(17)18)16-15(19)21-11-12-6-4-3-5-7-12/h2-7,13H,1,8-11H2,(H,16,19)(H,17,18). The monoisotopic (exact) mass is 293 g/mol. The van der Waals surface area contributed by atoms with Crippen LogP contribution in [-0.2, 0) is 20.9 Å². The second-order valence-electron chi connectivity index (χ2n) is 4.25. The maximum Gasteiger partial charge on any atom is 0.408 e. The zero-order valence-electron chi connectivity index (χ0n) is 11.7. The second-order valence-corrected chi connectivity index (χ2v) is 4.25. The van der Waals surface area contributed by atoms with Crippen LogP contribution in [0.2, 0.25) is 0 Å². The number of aliphatic carboxylic acids is 1. The van der Waals surface area contributed by atoms with Crippen LogP contribution in [0.3, 0.4) is 0 Å². The van der Waals surface area contributed by atoms with Crippen LogP contribution in [-0.4, -0.2) is 36.4 Å². The van der Waals surface area contributed by atoms with Gasteiger partial charge in [-0.2, -0.15) is 0 Å². The highest BCUT2D eigenvalue weighted by Gasteiger charge is 2.20. The molecule has 0 aliphatic rings. The number of benzene rings is 1. The molecule has 2 N–H and O–H groups in total.